The van der Waals surface area contributed by atoms with E-state index in [1.165, 1.54) is 5.56 Å². The highest BCUT2D eigenvalue weighted by Crippen LogP contribution is 2.33. The zero-order valence-electron chi connectivity index (χ0n) is 17.5. The summed E-state index contributed by atoms with van der Waals surface area (Å²) in [6.45, 7) is 0.149. The molecule has 1 aliphatic carbocycles. The lowest BCUT2D eigenvalue weighted by Gasteiger charge is -2.20. The highest BCUT2D eigenvalue weighted by Gasteiger charge is 2.26. The smallest absolute Gasteiger partial charge is 0.272 e. The Morgan fingerprint density at radius 2 is 2.00 bits per heavy atom. The van der Waals surface area contributed by atoms with Crippen LogP contribution in [0, 0.1) is 0 Å². The third-order valence-corrected chi connectivity index (χ3v) is 6.25. The molecule has 31 heavy (non-hydrogen) atoms. The highest BCUT2D eigenvalue weighted by atomic mass is 35.5. The van der Waals surface area contributed by atoms with Crippen LogP contribution in [0.3, 0.4) is 0 Å². The summed E-state index contributed by atoms with van der Waals surface area (Å²) in [4.78, 5) is 12.9. The number of aromatic amines is 1. The molecule has 0 saturated carbocycles. The van der Waals surface area contributed by atoms with E-state index < -0.39 is 6.10 Å². The standard InChI is InChI=1S/C25H28ClN3O2/c26-20-12-7-8-17(15-20)14-19-11-5-2-6-13-21-23(19)28-29-24(21)25(31)27-16-22(30)18-9-3-1-4-10-18/h1,3-4,7-10,12,15,19,22,30H,2,5-6,11,13-14,16H2,(H,27,31)(H,28,29)/t19-,22-/m1/s1. The molecule has 1 aromatic heterocycles. The zero-order chi connectivity index (χ0) is 21.6. The van der Waals surface area contributed by atoms with Crippen molar-refractivity contribution in [2.24, 2.45) is 0 Å². The van der Waals surface area contributed by atoms with Gasteiger partial charge in [-0.1, -0.05) is 66.9 Å². The lowest BCUT2D eigenvalue weighted by molar-refractivity contribution is 0.0910. The van der Waals surface area contributed by atoms with Crippen molar-refractivity contribution in [3.63, 3.8) is 0 Å². The fourth-order valence-electron chi connectivity index (χ4n) is 4.39. The van der Waals surface area contributed by atoms with Gasteiger partial charge in [0, 0.05) is 28.7 Å². The van der Waals surface area contributed by atoms with Crippen molar-refractivity contribution in [2.75, 3.05) is 6.54 Å². The number of fused-ring (bicyclic) bond motifs is 1. The van der Waals surface area contributed by atoms with Crippen LogP contribution in [0.25, 0.3) is 0 Å². The molecule has 3 N–H and O–H groups in total. The number of H-pyrrole nitrogens is 1. The predicted octanol–water partition coefficient (Wildman–Crippen LogP) is 4.97. The maximum atomic E-state index is 12.9. The number of aliphatic hydroxyl groups excluding tert-OH is 1. The van der Waals surface area contributed by atoms with Crippen molar-refractivity contribution in [1.82, 2.24) is 15.5 Å². The Kier molecular flexibility index (Phi) is 7.05. The fourth-order valence-corrected chi connectivity index (χ4v) is 4.60. The first-order valence-electron chi connectivity index (χ1n) is 10.9. The van der Waals surface area contributed by atoms with Crippen LogP contribution >= 0.6 is 11.6 Å². The molecule has 2 atom stereocenters. The summed E-state index contributed by atoms with van der Waals surface area (Å²) in [5.41, 5.74) is 4.50. The van der Waals surface area contributed by atoms with Crippen LogP contribution < -0.4 is 5.32 Å². The molecular formula is C25H28ClN3O2. The molecule has 3 aromatic rings. The number of benzene rings is 2. The van der Waals surface area contributed by atoms with Crippen LogP contribution in [0.2, 0.25) is 5.02 Å². The lowest BCUT2D eigenvalue weighted by atomic mass is 9.85. The van der Waals surface area contributed by atoms with Crippen LogP contribution in [0.5, 0.6) is 0 Å². The summed E-state index contributed by atoms with van der Waals surface area (Å²) in [7, 11) is 0. The van der Waals surface area contributed by atoms with Crippen molar-refractivity contribution in [3.05, 3.63) is 87.7 Å². The number of carbonyl (C=O) groups is 1. The van der Waals surface area contributed by atoms with Gasteiger partial charge >= 0.3 is 0 Å². The second-order valence-electron chi connectivity index (χ2n) is 8.23. The van der Waals surface area contributed by atoms with E-state index in [9.17, 15) is 9.90 Å². The molecule has 1 amide bonds. The van der Waals surface area contributed by atoms with Gasteiger partial charge in [0.15, 0.2) is 5.69 Å². The monoisotopic (exact) mass is 437 g/mol. The van der Waals surface area contributed by atoms with E-state index in [0.717, 1.165) is 60.4 Å². The van der Waals surface area contributed by atoms with E-state index in [1.807, 2.05) is 48.5 Å². The second-order valence-corrected chi connectivity index (χ2v) is 8.67. The van der Waals surface area contributed by atoms with Gasteiger partial charge in [-0.25, -0.2) is 0 Å². The Hall–Kier alpha value is -2.63. The number of amides is 1. The quantitative estimate of drug-likeness (QED) is 0.509. The van der Waals surface area contributed by atoms with Crippen molar-refractivity contribution in [3.8, 4) is 0 Å². The molecule has 0 spiro atoms. The first kappa shape index (κ1) is 21.6. The zero-order valence-corrected chi connectivity index (χ0v) is 18.2. The Bertz CT molecular complexity index is 1020. The molecule has 1 aliphatic rings. The summed E-state index contributed by atoms with van der Waals surface area (Å²) in [5.74, 6) is 0.0345. The molecule has 0 bridgehead atoms. The molecule has 5 nitrogen and oxygen atoms in total. The number of rotatable bonds is 6. The molecule has 2 aromatic carbocycles. The minimum Gasteiger partial charge on any atom is -0.387 e. The summed E-state index contributed by atoms with van der Waals surface area (Å²) in [6.07, 6.45) is 5.35. The molecular weight excluding hydrogens is 410 g/mol. The van der Waals surface area contributed by atoms with E-state index in [2.05, 4.69) is 21.6 Å². The van der Waals surface area contributed by atoms with E-state index in [4.69, 9.17) is 11.6 Å². The number of aromatic nitrogens is 2. The van der Waals surface area contributed by atoms with Gasteiger partial charge in [0.25, 0.3) is 5.91 Å². The Balaban J connectivity index is 1.50. The number of nitrogens with one attached hydrogen (secondary N) is 2. The van der Waals surface area contributed by atoms with Crippen LogP contribution in [-0.2, 0) is 12.8 Å². The number of aliphatic hydroxyl groups is 1. The minimum atomic E-state index is -0.749. The number of nitrogens with zero attached hydrogens (tertiary/aromatic N) is 1. The average molecular weight is 438 g/mol. The SMILES string of the molecule is O=C(NC[C@@H](O)c1ccccc1)c1n[nH]c2c1CCCCC[C@@H]2Cc1cccc(Cl)c1. The average Bonchev–Trinajstić information content (AvgIpc) is 3.18. The largest absolute Gasteiger partial charge is 0.387 e. The summed E-state index contributed by atoms with van der Waals surface area (Å²) >= 11 is 6.18. The van der Waals surface area contributed by atoms with Gasteiger partial charge in [0.05, 0.1) is 6.10 Å². The summed E-state index contributed by atoms with van der Waals surface area (Å²) < 4.78 is 0. The van der Waals surface area contributed by atoms with E-state index >= 15 is 0 Å². The topological polar surface area (TPSA) is 78.0 Å². The Morgan fingerprint density at radius 3 is 2.81 bits per heavy atom. The molecule has 4 rings (SSSR count). The number of hydrogen-bond donors (Lipinski definition) is 3. The Morgan fingerprint density at radius 1 is 1.16 bits per heavy atom. The molecule has 0 unspecified atom stereocenters. The van der Waals surface area contributed by atoms with Crippen molar-refractivity contribution in [2.45, 2.75) is 50.5 Å². The third-order valence-electron chi connectivity index (χ3n) is 6.01. The normalized spacial score (nSPS) is 17.3. The molecule has 1 heterocycles. The molecule has 0 saturated heterocycles. The lowest BCUT2D eigenvalue weighted by Crippen LogP contribution is -2.29. The van der Waals surface area contributed by atoms with Gasteiger partial charge in [-0.15, -0.1) is 0 Å². The van der Waals surface area contributed by atoms with Crippen LogP contribution in [-0.4, -0.2) is 27.8 Å². The molecule has 162 valence electrons. The van der Waals surface area contributed by atoms with Crippen molar-refractivity contribution < 1.29 is 9.90 Å². The van der Waals surface area contributed by atoms with Crippen LogP contribution in [0.1, 0.15) is 70.6 Å². The molecule has 0 aliphatic heterocycles. The van der Waals surface area contributed by atoms with E-state index in [1.54, 1.807) is 0 Å². The number of halogens is 1. The molecule has 0 fully saturated rings. The van der Waals surface area contributed by atoms with Gasteiger partial charge in [-0.05, 0) is 48.9 Å². The van der Waals surface area contributed by atoms with Crippen molar-refractivity contribution in [1.29, 1.82) is 0 Å². The van der Waals surface area contributed by atoms with Gasteiger partial charge in [-0.3, -0.25) is 9.89 Å². The molecule has 6 heteroatoms. The predicted molar refractivity (Wildman–Crippen MR) is 122 cm³/mol. The van der Waals surface area contributed by atoms with Gasteiger partial charge in [-0.2, -0.15) is 5.10 Å². The van der Waals surface area contributed by atoms with E-state index in [0.29, 0.717) is 5.69 Å². The first-order valence-corrected chi connectivity index (χ1v) is 11.3. The second kappa shape index (κ2) is 10.1. The summed E-state index contributed by atoms with van der Waals surface area (Å²) in [6, 6.07) is 17.3. The maximum Gasteiger partial charge on any atom is 0.272 e. The van der Waals surface area contributed by atoms with Gasteiger partial charge in [0.2, 0.25) is 0 Å². The van der Waals surface area contributed by atoms with Crippen LogP contribution in [0.15, 0.2) is 54.6 Å². The molecule has 0 radical (unpaired) electrons. The first-order chi connectivity index (χ1) is 15.1. The minimum absolute atomic E-state index is 0.149. The van der Waals surface area contributed by atoms with E-state index in [-0.39, 0.29) is 18.4 Å². The maximum absolute atomic E-state index is 12.9. The number of hydrogen-bond acceptors (Lipinski definition) is 3. The third kappa shape index (κ3) is 5.35. The van der Waals surface area contributed by atoms with Crippen LogP contribution in [0.4, 0.5) is 0 Å². The van der Waals surface area contributed by atoms with Gasteiger partial charge in [0.1, 0.15) is 0 Å². The number of carbonyl (C=O) groups excluding carboxylic acids is 1. The summed E-state index contributed by atoms with van der Waals surface area (Å²) in [5, 5.41) is 21.5. The fraction of sp³-hybridized carbons (Fsp3) is 0.360. The Labute approximate surface area is 187 Å². The highest BCUT2D eigenvalue weighted by molar-refractivity contribution is 6.30. The van der Waals surface area contributed by atoms with Crippen molar-refractivity contribution >= 4 is 17.5 Å². The van der Waals surface area contributed by atoms with Gasteiger partial charge < -0.3 is 10.4 Å².